The molecule has 2 aromatic rings. The minimum absolute atomic E-state index is 0.0190. The van der Waals surface area contributed by atoms with Gasteiger partial charge in [0, 0.05) is 37.3 Å². The van der Waals surface area contributed by atoms with E-state index in [1.54, 1.807) is 18.2 Å². The number of halogens is 1. The van der Waals surface area contributed by atoms with Crippen molar-refractivity contribution < 1.29 is 14.0 Å². The lowest BCUT2D eigenvalue weighted by atomic mass is 10.0. The fourth-order valence-corrected chi connectivity index (χ4v) is 3.91. The number of likely N-dealkylation sites (tertiary alicyclic amines) is 1. The van der Waals surface area contributed by atoms with Crippen molar-refractivity contribution in [3.8, 4) is 6.19 Å². The number of carbonyl (C=O) groups excluding carboxylic acids is 2. The van der Waals surface area contributed by atoms with Crippen molar-refractivity contribution in [1.82, 2.24) is 10.2 Å². The second-order valence-corrected chi connectivity index (χ2v) is 7.46. The van der Waals surface area contributed by atoms with E-state index in [1.807, 2.05) is 36.5 Å². The molecule has 2 aromatic carbocycles. The van der Waals surface area contributed by atoms with Gasteiger partial charge in [0.15, 0.2) is 6.19 Å². The molecule has 148 valence electrons. The maximum absolute atomic E-state index is 15.1. The number of rotatable bonds is 4. The number of benzene rings is 2. The topological polar surface area (TPSA) is 76.4 Å². The Labute approximate surface area is 168 Å². The van der Waals surface area contributed by atoms with Crippen LogP contribution in [0.15, 0.2) is 48.5 Å². The summed E-state index contributed by atoms with van der Waals surface area (Å²) in [6.07, 6.45) is 2.49. The molecule has 0 radical (unpaired) electrons. The van der Waals surface area contributed by atoms with E-state index in [1.165, 1.54) is 9.80 Å². The van der Waals surface area contributed by atoms with Gasteiger partial charge in [-0.3, -0.25) is 9.59 Å². The lowest BCUT2D eigenvalue weighted by Gasteiger charge is -2.25. The van der Waals surface area contributed by atoms with Crippen LogP contribution in [0, 0.1) is 11.5 Å². The molecule has 7 heteroatoms. The molecule has 0 spiro atoms. The molecule has 2 amide bonds. The third-order valence-corrected chi connectivity index (χ3v) is 5.52. The third-order valence-electron chi connectivity index (χ3n) is 5.52. The molecule has 29 heavy (non-hydrogen) atoms. The second-order valence-electron chi connectivity index (χ2n) is 7.46. The van der Waals surface area contributed by atoms with Gasteiger partial charge in [-0.25, -0.2) is 4.39 Å². The number of amides is 2. The van der Waals surface area contributed by atoms with Crippen molar-refractivity contribution in [2.24, 2.45) is 0 Å². The molecule has 2 aliphatic rings. The first-order chi connectivity index (χ1) is 14.0. The maximum Gasteiger partial charge on any atom is 0.266 e. The summed E-state index contributed by atoms with van der Waals surface area (Å²) in [5.74, 6) is -0.792. The highest BCUT2D eigenvalue weighted by atomic mass is 19.1. The molecule has 0 saturated carbocycles. The maximum atomic E-state index is 15.1. The van der Waals surface area contributed by atoms with Crippen LogP contribution >= 0.6 is 0 Å². The van der Waals surface area contributed by atoms with E-state index in [0.717, 1.165) is 11.1 Å². The average molecular weight is 392 g/mol. The van der Waals surface area contributed by atoms with E-state index in [2.05, 4.69) is 5.32 Å². The van der Waals surface area contributed by atoms with E-state index in [4.69, 9.17) is 5.26 Å². The Morgan fingerprint density at radius 3 is 2.69 bits per heavy atom. The van der Waals surface area contributed by atoms with Gasteiger partial charge in [-0.1, -0.05) is 30.3 Å². The zero-order valence-electron chi connectivity index (χ0n) is 15.9. The van der Waals surface area contributed by atoms with Crippen LogP contribution in [0.3, 0.4) is 0 Å². The third kappa shape index (κ3) is 3.66. The minimum atomic E-state index is -2.04. The average Bonchev–Trinajstić information content (AvgIpc) is 3.36. The number of hydrogen-bond acceptors (Lipinski definition) is 4. The Balaban J connectivity index is 1.46. The first-order valence-electron chi connectivity index (χ1n) is 9.61. The molecule has 1 unspecified atom stereocenters. The first kappa shape index (κ1) is 18.9. The van der Waals surface area contributed by atoms with Crippen LogP contribution < -0.4 is 10.2 Å². The molecule has 1 atom stereocenters. The van der Waals surface area contributed by atoms with Gasteiger partial charge in [-0.15, -0.1) is 0 Å². The first-order valence-corrected chi connectivity index (χ1v) is 9.61. The summed E-state index contributed by atoms with van der Waals surface area (Å²) in [5, 5.41) is 11.8. The molecule has 1 N–H and O–H groups in total. The Kier molecular flexibility index (Phi) is 4.93. The van der Waals surface area contributed by atoms with Crippen molar-refractivity contribution >= 4 is 17.5 Å². The van der Waals surface area contributed by atoms with Crippen LogP contribution in [0.2, 0.25) is 0 Å². The highest BCUT2D eigenvalue weighted by molar-refractivity contribution is 6.02. The molecule has 2 aliphatic heterocycles. The van der Waals surface area contributed by atoms with Gasteiger partial charge >= 0.3 is 0 Å². The largest absolute Gasteiger partial charge is 0.348 e. The SMILES string of the molecule is N#CN1CCC(F)(C(=O)N2CCc3cc(C(=O)NCc4ccccc4)ccc32)C1. The number of nitrogens with one attached hydrogen (secondary N) is 1. The van der Waals surface area contributed by atoms with Crippen molar-refractivity contribution in [3.05, 3.63) is 65.2 Å². The van der Waals surface area contributed by atoms with Gasteiger partial charge in [0.1, 0.15) is 0 Å². The highest BCUT2D eigenvalue weighted by Crippen LogP contribution is 2.35. The van der Waals surface area contributed by atoms with Crippen molar-refractivity contribution in [1.29, 1.82) is 5.26 Å². The van der Waals surface area contributed by atoms with E-state index in [-0.39, 0.29) is 25.4 Å². The Bertz CT molecular complexity index is 988. The summed E-state index contributed by atoms with van der Waals surface area (Å²) in [5.41, 5.74) is 0.977. The summed E-state index contributed by atoms with van der Waals surface area (Å²) in [6, 6.07) is 14.8. The van der Waals surface area contributed by atoms with Gasteiger partial charge in [0.25, 0.3) is 11.8 Å². The predicted octanol–water partition coefficient (Wildman–Crippen LogP) is 2.40. The van der Waals surface area contributed by atoms with Gasteiger partial charge in [-0.05, 0) is 35.7 Å². The number of anilines is 1. The second kappa shape index (κ2) is 7.55. The zero-order valence-corrected chi connectivity index (χ0v) is 15.9. The smallest absolute Gasteiger partial charge is 0.266 e. The number of nitrogens with zero attached hydrogens (tertiary/aromatic N) is 3. The number of alkyl halides is 1. The summed E-state index contributed by atoms with van der Waals surface area (Å²) < 4.78 is 15.1. The zero-order chi connectivity index (χ0) is 20.4. The molecule has 6 nitrogen and oxygen atoms in total. The number of carbonyl (C=O) groups is 2. The fourth-order valence-electron chi connectivity index (χ4n) is 3.91. The number of nitriles is 1. The Hall–Kier alpha value is -3.40. The van der Waals surface area contributed by atoms with Crippen LogP contribution in [0.4, 0.5) is 10.1 Å². The molecule has 0 aromatic heterocycles. The summed E-state index contributed by atoms with van der Waals surface area (Å²) in [4.78, 5) is 28.0. The van der Waals surface area contributed by atoms with Crippen LogP contribution in [0.5, 0.6) is 0 Å². The van der Waals surface area contributed by atoms with Crippen LogP contribution in [-0.4, -0.2) is 42.0 Å². The Morgan fingerprint density at radius 2 is 1.97 bits per heavy atom. The van der Waals surface area contributed by atoms with Gasteiger partial charge in [0.05, 0.1) is 6.54 Å². The molecular formula is C22H21FN4O2. The fraction of sp³-hybridized carbons (Fsp3) is 0.318. The summed E-state index contributed by atoms with van der Waals surface area (Å²) in [6.45, 7) is 0.858. The summed E-state index contributed by atoms with van der Waals surface area (Å²) >= 11 is 0. The van der Waals surface area contributed by atoms with Gasteiger partial charge in [0.2, 0.25) is 5.67 Å². The van der Waals surface area contributed by atoms with Crippen molar-refractivity contribution in [2.75, 3.05) is 24.5 Å². The van der Waals surface area contributed by atoms with Crippen LogP contribution in [-0.2, 0) is 17.8 Å². The van der Waals surface area contributed by atoms with Gasteiger partial charge in [-0.2, -0.15) is 5.26 Å². The normalized spacial score (nSPS) is 20.3. The monoisotopic (exact) mass is 392 g/mol. The van der Waals surface area contributed by atoms with Crippen molar-refractivity contribution in [2.45, 2.75) is 25.1 Å². The van der Waals surface area contributed by atoms with Crippen LogP contribution in [0.1, 0.15) is 27.9 Å². The quantitative estimate of drug-likeness (QED) is 0.811. The molecular weight excluding hydrogens is 371 g/mol. The standard InChI is InChI=1S/C22H21FN4O2/c23-22(9-11-26(14-22)15-24)21(29)27-10-8-17-12-18(6-7-19(17)27)20(28)25-13-16-4-2-1-3-5-16/h1-7,12H,8-11,13-14H2,(H,25,28). The molecule has 1 saturated heterocycles. The minimum Gasteiger partial charge on any atom is -0.348 e. The van der Waals surface area contributed by atoms with Crippen LogP contribution in [0.25, 0.3) is 0 Å². The van der Waals surface area contributed by atoms with E-state index >= 15 is 4.39 Å². The van der Waals surface area contributed by atoms with E-state index in [9.17, 15) is 9.59 Å². The lowest BCUT2D eigenvalue weighted by Crippen LogP contribution is -2.47. The lowest BCUT2D eigenvalue weighted by molar-refractivity contribution is -0.129. The number of hydrogen-bond donors (Lipinski definition) is 1. The van der Waals surface area contributed by atoms with E-state index in [0.29, 0.717) is 30.8 Å². The van der Waals surface area contributed by atoms with E-state index < -0.39 is 11.6 Å². The molecule has 0 bridgehead atoms. The highest BCUT2D eigenvalue weighted by Gasteiger charge is 2.48. The summed E-state index contributed by atoms with van der Waals surface area (Å²) in [7, 11) is 0. The molecule has 0 aliphatic carbocycles. The predicted molar refractivity (Wildman–Crippen MR) is 106 cm³/mol. The molecule has 4 rings (SSSR count). The number of fused-ring (bicyclic) bond motifs is 1. The van der Waals surface area contributed by atoms with Gasteiger partial charge < -0.3 is 15.1 Å². The Morgan fingerprint density at radius 1 is 1.17 bits per heavy atom. The van der Waals surface area contributed by atoms with Crippen molar-refractivity contribution in [3.63, 3.8) is 0 Å². The molecule has 1 fully saturated rings. The molecule has 2 heterocycles.